The summed E-state index contributed by atoms with van der Waals surface area (Å²) in [5, 5.41) is 9.29. The van der Waals surface area contributed by atoms with Crippen molar-refractivity contribution in [3.8, 4) is 0 Å². The molecule has 1 saturated heterocycles. The molecule has 1 atom stereocenters. The van der Waals surface area contributed by atoms with Crippen LogP contribution in [0.15, 0.2) is 0 Å². The molecule has 0 bridgehead atoms. The first-order valence-corrected chi connectivity index (χ1v) is 7.22. The lowest BCUT2D eigenvalue weighted by molar-refractivity contribution is -0.150. The van der Waals surface area contributed by atoms with Crippen molar-refractivity contribution in [1.82, 2.24) is 0 Å². The van der Waals surface area contributed by atoms with E-state index < -0.39 is 21.2 Å². The fourth-order valence-corrected chi connectivity index (χ4v) is 5.13. The second-order valence-electron chi connectivity index (χ2n) is 4.78. The van der Waals surface area contributed by atoms with Crippen LogP contribution in [0.5, 0.6) is 0 Å². The molecule has 2 rings (SSSR count). The number of carbonyl (C=O) groups is 1. The van der Waals surface area contributed by atoms with E-state index in [2.05, 4.69) is 0 Å². The molecular formula is C10H16O4S. The minimum atomic E-state index is -3.12. The fraction of sp³-hybridized carbons (Fsp3) is 0.900. The molecule has 86 valence electrons. The zero-order chi connectivity index (χ0) is 11.1. The predicted molar refractivity (Wildman–Crippen MR) is 55.3 cm³/mol. The average molecular weight is 232 g/mol. The van der Waals surface area contributed by atoms with E-state index >= 15 is 0 Å². The Balaban J connectivity index is 2.30. The quantitative estimate of drug-likeness (QED) is 0.773. The fourth-order valence-electron chi connectivity index (χ4n) is 3.02. The molecule has 4 nitrogen and oxygen atoms in total. The van der Waals surface area contributed by atoms with E-state index in [0.29, 0.717) is 6.42 Å². The van der Waals surface area contributed by atoms with Crippen molar-refractivity contribution in [2.75, 3.05) is 11.5 Å². The largest absolute Gasteiger partial charge is 0.481 e. The molecule has 5 heteroatoms. The van der Waals surface area contributed by atoms with Gasteiger partial charge in [0.25, 0.3) is 0 Å². The molecule has 1 saturated carbocycles. The van der Waals surface area contributed by atoms with Crippen LogP contribution in [0.25, 0.3) is 0 Å². The summed E-state index contributed by atoms with van der Waals surface area (Å²) < 4.78 is 22.9. The summed E-state index contributed by atoms with van der Waals surface area (Å²) in [6.07, 6.45) is 4.15. The maximum Gasteiger partial charge on any atom is 0.310 e. The third-order valence-electron chi connectivity index (χ3n) is 3.90. The summed E-state index contributed by atoms with van der Waals surface area (Å²) in [4.78, 5) is 11.3. The topological polar surface area (TPSA) is 71.4 Å². The van der Waals surface area contributed by atoms with Gasteiger partial charge in [0.2, 0.25) is 0 Å². The predicted octanol–water partition coefficient (Wildman–Crippen LogP) is 1.07. The molecule has 0 spiro atoms. The Labute approximate surface area is 89.6 Å². The van der Waals surface area contributed by atoms with Crippen LogP contribution in [-0.2, 0) is 14.6 Å². The van der Waals surface area contributed by atoms with Gasteiger partial charge in [0.1, 0.15) is 0 Å². The summed E-state index contributed by atoms with van der Waals surface area (Å²) in [5.41, 5.74) is -0.963. The average Bonchev–Trinajstić information content (AvgIpc) is 2.71. The van der Waals surface area contributed by atoms with Gasteiger partial charge in [-0.05, 0) is 25.2 Å². The van der Waals surface area contributed by atoms with Gasteiger partial charge in [-0.1, -0.05) is 12.8 Å². The molecule has 1 aliphatic heterocycles. The van der Waals surface area contributed by atoms with E-state index in [0.717, 1.165) is 25.7 Å². The number of aliphatic carboxylic acids is 1. The summed E-state index contributed by atoms with van der Waals surface area (Å²) >= 11 is 0. The molecule has 2 aliphatic rings. The highest BCUT2D eigenvalue weighted by Crippen LogP contribution is 2.47. The standard InChI is InChI=1S/C10H16O4S/c11-9(12)10(8-3-1-2-4-8)5-6-15(13,14)7-10/h8H,1-7H2,(H,11,12). The first-order chi connectivity index (χ1) is 6.96. The summed E-state index contributed by atoms with van der Waals surface area (Å²) in [6, 6.07) is 0. The molecule has 1 unspecified atom stereocenters. The molecule has 0 aromatic rings. The van der Waals surface area contributed by atoms with Gasteiger partial charge in [0.15, 0.2) is 9.84 Å². The van der Waals surface area contributed by atoms with E-state index in [4.69, 9.17) is 0 Å². The van der Waals surface area contributed by atoms with Crippen molar-refractivity contribution in [3.05, 3.63) is 0 Å². The molecule has 0 aromatic carbocycles. The number of hydrogen-bond acceptors (Lipinski definition) is 3. The molecule has 1 heterocycles. The molecule has 2 fully saturated rings. The smallest absolute Gasteiger partial charge is 0.310 e. The van der Waals surface area contributed by atoms with E-state index in [-0.39, 0.29) is 17.4 Å². The molecule has 0 amide bonds. The van der Waals surface area contributed by atoms with Gasteiger partial charge >= 0.3 is 5.97 Å². The Kier molecular flexibility index (Phi) is 2.53. The van der Waals surface area contributed by atoms with Crippen molar-refractivity contribution < 1.29 is 18.3 Å². The van der Waals surface area contributed by atoms with Gasteiger partial charge < -0.3 is 5.11 Å². The Morgan fingerprint density at radius 1 is 1.27 bits per heavy atom. The molecule has 15 heavy (non-hydrogen) atoms. The highest BCUT2D eigenvalue weighted by Gasteiger charge is 2.53. The van der Waals surface area contributed by atoms with Gasteiger partial charge in [0, 0.05) is 0 Å². The van der Waals surface area contributed by atoms with Crippen molar-refractivity contribution in [1.29, 1.82) is 0 Å². The summed E-state index contributed by atoms with van der Waals surface area (Å²) in [7, 11) is -3.12. The number of carboxylic acids is 1. The van der Waals surface area contributed by atoms with Crippen molar-refractivity contribution in [2.45, 2.75) is 32.1 Å². The van der Waals surface area contributed by atoms with Crippen molar-refractivity contribution in [2.24, 2.45) is 11.3 Å². The maximum atomic E-state index is 11.4. The second kappa shape index (κ2) is 3.47. The lowest BCUT2D eigenvalue weighted by Crippen LogP contribution is -2.38. The van der Waals surface area contributed by atoms with E-state index in [9.17, 15) is 18.3 Å². The zero-order valence-electron chi connectivity index (χ0n) is 8.61. The lowest BCUT2D eigenvalue weighted by atomic mass is 9.74. The van der Waals surface area contributed by atoms with Crippen LogP contribution in [0.1, 0.15) is 32.1 Å². The molecule has 1 N–H and O–H groups in total. The highest BCUT2D eigenvalue weighted by molar-refractivity contribution is 7.91. The Morgan fingerprint density at radius 2 is 1.87 bits per heavy atom. The first kappa shape index (κ1) is 10.9. The molecule has 0 radical (unpaired) electrons. The van der Waals surface area contributed by atoms with E-state index in [1.807, 2.05) is 0 Å². The van der Waals surface area contributed by atoms with Gasteiger partial charge in [-0.15, -0.1) is 0 Å². The lowest BCUT2D eigenvalue weighted by Gasteiger charge is -2.29. The van der Waals surface area contributed by atoms with Gasteiger partial charge in [-0.25, -0.2) is 8.42 Å². The van der Waals surface area contributed by atoms with Gasteiger partial charge in [-0.3, -0.25) is 4.79 Å². The zero-order valence-corrected chi connectivity index (χ0v) is 9.42. The third kappa shape index (κ3) is 1.77. The minimum absolute atomic E-state index is 0.0514. The Hall–Kier alpha value is -0.580. The van der Waals surface area contributed by atoms with Crippen LogP contribution in [0.3, 0.4) is 0 Å². The van der Waals surface area contributed by atoms with E-state index in [1.54, 1.807) is 0 Å². The van der Waals surface area contributed by atoms with Crippen molar-refractivity contribution in [3.63, 3.8) is 0 Å². The van der Waals surface area contributed by atoms with Crippen molar-refractivity contribution >= 4 is 15.8 Å². The minimum Gasteiger partial charge on any atom is -0.481 e. The van der Waals surface area contributed by atoms with Crippen LogP contribution in [0.4, 0.5) is 0 Å². The Morgan fingerprint density at radius 3 is 2.27 bits per heavy atom. The van der Waals surface area contributed by atoms with Crippen LogP contribution in [-0.4, -0.2) is 31.0 Å². The monoisotopic (exact) mass is 232 g/mol. The van der Waals surface area contributed by atoms with Crippen LogP contribution in [0.2, 0.25) is 0 Å². The number of hydrogen-bond donors (Lipinski definition) is 1. The van der Waals surface area contributed by atoms with Gasteiger partial charge in [0.05, 0.1) is 16.9 Å². The first-order valence-electron chi connectivity index (χ1n) is 5.40. The van der Waals surface area contributed by atoms with Crippen LogP contribution >= 0.6 is 0 Å². The van der Waals surface area contributed by atoms with Crippen LogP contribution < -0.4 is 0 Å². The summed E-state index contributed by atoms with van der Waals surface area (Å²) in [5.74, 6) is -0.918. The molecule has 1 aliphatic carbocycles. The number of carboxylic acid groups (broad SMARTS) is 1. The number of rotatable bonds is 2. The van der Waals surface area contributed by atoms with E-state index in [1.165, 1.54) is 0 Å². The molecular weight excluding hydrogens is 216 g/mol. The summed E-state index contributed by atoms with van der Waals surface area (Å²) in [6.45, 7) is 0. The van der Waals surface area contributed by atoms with Crippen LogP contribution in [0, 0.1) is 11.3 Å². The third-order valence-corrected chi connectivity index (χ3v) is 5.68. The SMILES string of the molecule is O=C(O)C1(C2CCCC2)CCS(=O)(=O)C1. The van der Waals surface area contributed by atoms with Gasteiger partial charge in [-0.2, -0.15) is 0 Å². The Bertz CT molecular complexity index is 367. The normalized spacial score (nSPS) is 35.7. The molecule has 0 aromatic heterocycles. The second-order valence-corrected chi connectivity index (χ2v) is 6.97. The maximum absolute atomic E-state index is 11.4. The number of sulfone groups is 1. The highest BCUT2D eigenvalue weighted by atomic mass is 32.2.